The molecular formula is C11H17N3O2S2. The molecule has 18 heavy (non-hydrogen) atoms. The van der Waals surface area contributed by atoms with Gasteiger partial charge in [-0.05, 0) is 5.92 Å². The van der Waals surface area contributed by atoms with E-state index in [1.54, 1.807) is 0 Å². The number of carbonyl (C=O) groups excluding carboxylic acids is 2. The Morgan fingerprint density at radius 2 is 2.28 bits per heavy atom. The Morgan fingerprint density at radius 3 is 2.89 bits per heavy atom. The van der Waals surface area contributed by atoms with Crippen molar-refractivity contribution >= 4 is 40.0 Å². The molecule has 1 aromatic rings. The van der Waals surface area contributed by atoms with Crippen LogP contribution in [0.5, 0.6) is 0 Å². The lowest BCUT2D eigenvalue weighted by Crippen LogP contribution is -2.14. The molecule has 0 unspecified atom stereocenters. The lowest BCUT2D eigenvalue weighted by atomic mass is 10.1. The van der Waals surface area contributed by atoms with E-state index in [-0.39, 0.29) is 17.6 Å². The smallest absolute Gasteiger partial charge is 0.227 e. The van der Waals surface area contributed by atoms with Crippen molar-refractivity contribution in [2.45, 2.75) is 26.0 Å². The van der Waals surface area contributed by atoms with Crippen molar-refractivity contribution in [2.75, 3.05) is 11.1 Å². The van der Waals surface area contributed by atoms with Crippen LogP contribution < -0.4 is 11.1 Å². The SMILES string of the molecule is CC(C)CC(=O)Nc1nc(CSCC(N)=O)cs1. The Hall–Kier alpha value is -1.08. The molecule has 0 atom stereocenters. The van der Waals surface area contributed by atoms with Gasteiger partial charge in [0.1, 0.15) is 0 Å². The Morgan fingerprint density at radius 1 is 1.56 bits per heavy atom. The van der Waals surface area contributed by atoms with Gasteiger partial charge in [0, 0.05) is 17.6 Å². The summed E-state index contributed by atoms with van der Waals surface area (Å²) in [6, 6.07) is 0. The summed E-state index contributed by atoms with van der Waals surface area (Å²) < 4.78 is 0. The third-order valence-corrected chi connectivity index (χ3v) is 3.68. The molecule has 0 saturated heterocycles. The van der Waals surface area contributed by atoms with Gasteiger partial charge < -0.3 is 11.1 Å². The summed E-state index contributed by atoms with van der Waals surface area (Å²) in [4.78, 5) is 26.4. The molecule has 1 aromatic heterocycles. The van der Waals surface area contributed by atoms with Crippen molar-refractivity contribution in [3.8, 4) is 0 Å². The minimum Gasteiger partial charge on any atom is -0.369 e. The lowest BCUT2D eigenvalue weighted by molar-refractivity contribution is -0.117. The molecule has 5 nitrogen and oxygen atoms in total. The van der Waals surface area contributed by atoms with E-state index in [1.165, 1.54) is 23.1 Å². The number of thioether (sulfide) groups is 1. The van der Waals surface area contributed by atoms with Crippen LogP contribution in [-0.4, -0.2) is 22.6 Å². The zero-order valence-corrected chi connectivity index (χ0v) is 12.1. The molecule has 0 bridgehead atoms. The topological polar surface area (TPSA) is 85.1 Å². The molecule has 0 radical (unpaired) electrons. The van der Waals surface area contributed by atoms with E-state index < -0.39 is 0 Å². The number of nitrogens with zero attached hydrogens (tertiary/aromatic N) is 1. The van der Waals surface area contributed by atoms with Crippen molar-refractivity contribution in [3.63, 3.8) is 0 Å². The molecule has 7 heteroatoms. The lowest BCUT2D eigenvalue weighted by Gasteiger charge is -2.03. The summed E-state index contributed by atoms with van der Waals surface area (Å²) >= 11 is 2.81. The number of hydrogen-bond acceptors (Lipinski definition) is 5. The number of thiazole rings is 1. The number of nitrogens with one attached hydrogen (secondary N) is 1. The van der Waals surface area contributed by atoms with Crippen molar-refractivity contribution in [1.82, 2.24) is 4.98 Å². The number of rotatable bonds is 7. The minimum absolute atomic E-state index is 0.0179. The normalized spacial score (nSPS) is 10.6. The maximum Gasteiger partial charge on any atom is 0.227 e. The van der Waals surface area contributed by atoms with Gasteiger partial charge in [-0.3, -0.25) is 9.59 Å². The number of hydrogen-bond donors (Lipinski definition) is 2. The zero-order chi connectivity index (χ0) is 13.5. The van der Waals surface area contributed by atoms with Gasteiger partial charge in [0.25, 0.3) is 0 Å². The van der Waals surface area contributed by atoms with Gasteiger partial charge in [-0.2, -0.15) is 0 Å². The monoisotopic (exact) mass is 287 g/mol. The summed E-state index contributed by atoms with van der Waals surface area (Å²) in [5.41, 5.74) is 5.89. The van der Waals surface area contributed by atoms with Gasteiger partial charge in [-0.15, -0.1) is 23.1 Å². The van der Waals surface area contributed by atoms with E-state index in [9.17, 15) is 9.59 Å². The molecule has 0 aliphatic rings. The van der Waals surface area contributed by atoms with Crippen LogP contribution in [0.4, 0.5) is 5.13 Å². The number of primary amides is 1. The fraction of sp³-hybridized carbons (Fsp3) is 0.545. The van der Waals surface area contributed by atoms with Crippen molar-refractivity contribution in [2.24, 2.45) is 11.7 Å². The van der Waals surface area contributed by atoms with Gasteiger partial charge in [0.15, 0.2) is 5.13 Å². The molecule has 0 aliphatic heterocycles. The van der Waals surface area contributed by atoms with Crippen LogP contribution in [0.15, 0.2) is 5.38 Å². The highest BCUT2D eigenvalue weighted by atomic mass is 32.2. The molecule has 0 aliphatic carbocycles. The molecule has 1 heterocycles. The molecule has 1 rings (SSSR count). The van der Waals surface area contributed by atoms with Gasteiger partial charge >= 0.3 is 0 Å². The van der Waals surface area contributed by atoms with E-state index in [1.807, 2.05) is 19.2 Å². The molecule has 0 saturated carbocycles. The maximum atomic E-state index is 11.5. The maximum absolute atomic E-state index is 11.5. The van der Waals surface area contributed by atoms with Gasteiger partial charge in [-0.1, -0.05) is 13.8 Å². The van der Waals surface area contributed by atoms with Crippen LogP contribution in [0.2, 0.25) is 0 Å². The summed E-state index contributed by atoms with van der Waals surface area (Å²) in [6.45, 7) is 3.99. The third-order valence-electron chi connectivity index (χ3n) is 1.89. The van der Waals surface area contributed by atoms with Crippen LogP contribution >= 0.6 is 23.1 Å². The molecular weight excluding hydrogens is 270 g/mol. The second-order valence-corrected chi connectivity index (χ2v) is 6.09. The quantitative estimate of drug-likeness (QED) is 0.801. The predicted octanol–water partition coefficient (Wildman–Crippen LogP) is 1.85. The zero-order valence-electron chi connectivity index (χ0n) is 10.4. The van der Waals surface area contributed by atoms with E-state index in [0.717, 1.165) is 5.69 Å². The van der Waals surface area contributed by atoms with Crippen molar-refractivity contribution in [3.05, 3.63) is 11.1 Å². The fourth-order valence-corrected chi connectivity index (χ4v) is 2.72. The van der Waals surface area contributed by atoms with E-state index in [4.69, 9.17) is 5.73 Å². The van der Waals surface area contributed by atoms with Crippen LogP contribution in [0.3, 0.4) is 0 Å². The fourth-order valence-electron chi connectivity index (χ4n) is 1.23. The molecule has 100 valence electrons. The Balaban J connectivity index is 2.38. The standard InChI is InChI=1S/C11H17N3O2S2/c1-7(2)3-10(16)14-11-13-8(5-18-11)4-17-6-9(12)15/h5,7H,3-4,6H2,1-2H3,(H2,12,15)(H,13,14,16). The molecule has 0 spiro atoms. The highest BCUT2D eigenvalue weighted by Crippen LogP contribution is 2.19. The Kier molecular flexibility index (Phi) is 6.14. The van der Waals surface area contributed by atoms with Gasteiger partial charge in [-0.25, -0.2) is 4.98 Å². The van der Waals surface area contributed by atoms with Gasteiger partial charge in [0.2, 0.25) is 11.8 Å². The molecule has 3 N–H and O–H groups in total. The summed E-state index contributed by atoms with van der Waals surface area (Å²) in [5.74, 6) is 0.887. The average molecular weight is 287 g/mol. The van der Waals surface area contributed by atoms with Crippen LogP contribution in [0.25, 0.3) is 0 Å². The highest BCUT2D eigenvalue weighted by molar-refractivity contribution is 7.99. The van der Waals surface area contributed by atoms with Crippen LogP contribution in [0.1, 0.15) is 26.0 Å². The van der Waals surface area contributed by atoms with Crippen molar-refractivity contribution in [1.29, 1.82) is 0 Å². The number of anilines is 1. The molecule has 0 aromatic carbocycles. The first-order valence-electron chi connectivity index (χ1n) is 5.57. The number of nitrogens with two attached hydrogens (primary N) is 1. The summed E-state index contributed by atoms with van der Waals surface area (Å²) in [5, 5.41) is 5.24. The first-order chi connectivity index (χ1) is 8.47. The average Bonchev–Trinajstić information content (AvgIpc) is 2.63. The van der Waals surface area contributed by atoms with Crippen LogP contribution in [0, 0.1) is 5.92 Å². The predicted molar refractivity (Wildman–Crippen MR) is 75.6 cm³/mol. The summed E-state index contributed by atoms with van der Waals surface area (Å²) in [7, 11) is 0. The highest BCUT2D eigenvalue weighted by Gasteiger charge is 2.08. The van der Waals surface area contributed by atoms with E-state index >= 15 is 0 Å². The second-order valence-electron chi connectivity index (χ2n) is 4.25. The largest absolute Gasteiger partial charge is 0.369 e. The van der Waals surface area contributed by atoms with E-state index in [2.05, 4.69) is 10.3 Å². The van der Waals surface area contributed by atoms with E-state index in [0.29, 0.717) is 23.2 Å². The number of aromatic nitrogens is 1. The first kappa shape index (κ1) is 15.0. The molecule has 0 fully saturated rings. The molecule has 2 amide bonds. The van der Waals surface area contributed by atoms with Crippen molar-refractivity contribution < 1.29 is 9.59 Å². The number of amides is 2. The Bertz CT molecular complexity index is 418. The first-order valence-corrected chi connectivity index (χ1v) is 7.61. The Labute approximate surface area is 115 Å². The third kappa shape index (κ3) is 6.02. The number of carbonyl (C=O) groups is 2. The van der Waals surface area contributed by atoms with Gasteiger partial charge in [0.05, 0.1) is 11.4 Å². The second kappa shape index (κ2) is 7.38. The van der Waals surface area contributed by atoms with Crippen LogP contribution in [-0.2, 0) is 15.3 Å². The summed E-state index contributed by atoms with van der Waals surface area (Å²) in [6.07, 6.45) is 0.491. The minimum atomic E-state index is -0.333.